The van der Waals surface area contributed by atoms with Crippen molar-refractivity contribution < 1.29 is 4.74 Å². The summed E-state index contributed by atoms with van der Waals surface area (Å²) in [6.07, 6.45) is 4.50. The number of rotatable bonds is 4. The molecule has 4 nitrogen and oxygen atoms in total. The van der Waals surface area contributed by atoms with E-state index in [-0.39, 0.29) is 6.10 Å². The maximum Gasteiger partial charge on any atom is 0.0861 e. The van der Waals surface area contributed by atoms with Crippen LogP contribution in [0.2, 0.25) is 0 Å². The van der Waals surface area contributed by atoms with Crippen molar-refractivity contribution in [3.8, 4) is 0 Å². The highest BCUT2D eigenvalue weighted by Crippen LogP contribution is 2.35. The van der Waals surface area contributed by atoms with Crippen LogP contribution in [0.1, 0.15) is 37.4 Å². The Kier molecular flexibility index (Phi) is 4.57. The van der Waals surface area contributed by atoms with Crippen LogP contribution >= 0.6 is 0 Å². The molecule has 21 heavy (non-hydrogen) atoms. The van der Waals surface area contributed by atoms with Crippen LogP contribution in [0.15, 0.2) is 18.3 Å². The molecule has 0 radical (unpaired) electrons. The van der Waals surface area contributed by atoms with E-state index in [1.165, 1.54) is 17.7 Å². The van der Waals surface area contributed by atoms with Gasteiger partial charge in [0.15, 0.2) is 0 Å². The highest BCUT2D eigenvalue weighted by molar-refractivity contribution is 5.30. The lowest BCUT2D eigenvalue weighted by atomic mass is 9.91. The predicted octanol–water partition coefficient (Wildman–Crippen LogP) is 1.81. The monoisotopic (exact) mass is 289 g/mol. The van der Waals surface area contributed by atoms with Crippen molar-refractivity contribution >= 4 is 0 Å². The summed E-state index contributed by atoms with van der Waals surface area (Å²) >= 11 is 0. The molecular formula is C17H27N3O. The first kappa shape index (κ1) is 14.9. The summed E-state index contributed by atoms with van der Waals surface area (Å²) in [7, 11) is 2.06. The topological polar surface area (TPSA) is 37.4 Å². The van der Waals surface area contributed by atoms with Gasteiger partial charge in [-0.3, -0.25) is 9.88 Å². The van der Waals surface area contributed by atoms with Crippen LogP contribution in [-0.2, 0) is 11.2 Å². The summed E-state index contributed by atoms with van der Waals surface area (Å²) in [4.78, 5) is 7.17. The van der Waals surface area contributed by atoms with Crippen molar-refractivity contribution in [2.45, 2.75) is 50.8 Å². The average molecular weight is 289 g/mol. The number of fused-ring (bicyclic) bond motifs is 1. The van der Waals surface area contributed by atoms with Gasteiger partial charge in [0.05, 0.1) is 12.7 Å². The van der Waals surface area contributed by atoms with Crippen LogP contribution in [0, 0.1) is 0 Å². The number of aromatic nitrogens is 1. The molecule has 1 aliphatic heterocycles. The number of ether oxygens (including phenoxy) is 1. The third-order valence-electron chi connectivity index (χ3n) is 5.02. The minimum absolute atomic E-state index is 0.254. The Bertz CT molecular complexity index is 477. The van der Waals surface area contributed by atoms with Gasteiger partial charge >= 0.3 is 0 Å². The second-order valence-corrected chi connectivity index (χ2v) is 6.51. The highest BCUT2D eigenvalue weighted by Gasteiger charge is 2.37. The quantitative estimate of drug-likeness (QED) is 0.917. The lowest BCUT2D eigenvalue weighted by Crippen LogP contribution is -2.54. The fourth-order valence-corrected chi connectivity index (χ4v) is 3.82. The van der Waals surface area contributed by atoms with Gasteiger partial charge in [-0.1, -0.05) is 6.07 Å². The Morgan fingerprint density at radius 1 is 1.43 bits per heavy atom. The summed E-state index contributed by atoms with van der Waals surface area (Å²) in [5.74, 6) is 0.475. The maximum absolute atomic E-state index is 6.11. The zero-order valence-electron chi connectivity index (χ0n) is 13.4. The van der Waals surface area contributed by atoms with E-state index in [9.17, 15) is 0 Å². The second kappa shape index (κ2) is 6.42. The smallest absolute Gasteiger partial charge is 0.0861 e. The van der Waals surface area contributed by atoms with Crippen molar-refractivity contribution in [1.29, 1.82) is 0 Å². The molecule has 3 rings (SSSR count). The van der Waals surface area contributed by atoms with E-state index in [0.29, 0.717) is 18.0 Å². The van der Waals surface area contributed by atoms with Gasteiger partial charge in [-0.15, -0.1) is 0 Å². The van der Waals surface area contributed by atoms with E-state index in [2.05, 4.69) is 42.2 Å². The van der Waals surface area contributed by atoms with Gasteiger partial charge < -0.3 is 10.1 Å². The van der Waals surface area contributed by atoms with E-state index < -0.39 is 0 Å². The molecule has 0 aromatic carbocycles. The number of pyridine rings is 1. The molecular weight excluding hydrogens is 262 g/mol. The minimum atomic E-state index is 0.254. The molecule has 116 valence electrons. The molecule has 3 unspecified atom stereocenters. The van der Waals surface area contributed by atoms with Gasteiger partial charge in [-0.05, 0) is 45.4 Å². The van der Waals surface area contributed by atoms with Gasteiger partial charge in [0.1, 0.15) is 0 Å². The predicted molar refractivity (Wildman–Crippen MR) is 84.6 cm³/mol. The third-order valence-corrected chi connectivity index (χ3v) is 5.02. The van der Waals surface area contributed by atoms with Crippen LogP contribution < -0.4 is 5.32 Å². The van der Waals surface area contributed by atoms with Crippen LogP contribution in [0.4, 0.5) is 0 Å². The molecule has 1 aromatic rings. The van der Waals surface area contributed by atoms with Crippen molar-refractivity contribution in [1.82, 2.24) is 15.2 Å². The zero-order chi connectivity index (χ0) is 14.8. The number of aryl methyl sites for hydroxylation is 1. The molecule has 0 saturated carbocycles. The van der Waals surface area contributed by atoms with Crippen LogP contribution in [0.5, 0.6) is 0 Å². The largest absolute Gasteiger partial charge is 0.374 e. The average Bonchev–Trinajstić information content (AvgIpc) is 2.93. The number of hydrogen-bond donors (Lipinski definition) is 1. The second-order valence-electron chi connectivity index (χ2n) is 6.51. The maximum atomic E-state index is 6.11. The zero-order valence-corrected chi connectivity index (χ0v) is 13.4. The van der Waals surface area contributed by atoms with Gasteiger partial charge in [0.25, 0.3) is 0 Å². The van der Waals surface area contributed by atoms with E-state index >= 15 is 0 Å². The Balaban J connectivity index is 1.76. The Morgan fingerprint density at radius 2 is 2.29 bits per heavy atom. The van der Waals surface area contributed by atoms with Crippen LogP contribution in [0.25, 0.3) is 0 Å². The molecule has 1 fully saturated rings. The number of morpholine rings is 1. The molecule has 0 amide bonds. The lowest BCUT2D eigenvalue weighted by molar-refractivity contribution is -0.0585. The number of hydrogen-bond acceptors (Lipinski definition) is 4. The first-order valence-electron chi connectivity index (χ1n) is 8.17. The van der Waals surface area contributed by atoms with Gasteiger partial charge in [0.2, 0.25) is 0 Å². The summed E-state index contributed by atoms with van der Waals surface area (Å²) in [5.41, 5.74) is 2.70. The first-order chi connectivity index (χ1) is 10.2. The molecule has 2 heterocycles. The molecule has 1 N–H and O–H groups in total. The van der Waals surface area contributed by atoms with Crippen molar-refractivity contribution in [3.05, 3.63) is 29.6 Å². The van der Waals surface area contributed by atoms with E-state index in [1.54, 1.807) is 0 Å². The fourth-order valence-electron chi connectivity index (χ4n) is 3.82. The number of nitrogens with zero attached hydrogens (tertiary/aromatic N) is 2. The molecule has 1 aliphatic carbocycles. The summed E-state index contributed by atoms with van der Waals surface area (Å²) in [6, 6.07) is 5.20. The normalized spacial score (nSPS) is 27.8. The van der Waals surface area contributed by atoms with E-state index in [4.69, 9.17) is 4.74 Å². The summed E-state index contributed by atoms with van der Waals surface area (Å²) < 4.78 is 6.11. The minimum Gasteiger partial charge on any atom is -0.374 e. The Morgan fingerprint density at radius 3 is 3.05 bits per heavy atom. The fraction of sp³-hybridized carbons (Fsp3) is 0.706. The third kappa shape index (κ3) is 2.98. The summed E-state index contributed by atoms with van der Waals surface area (Å²) in [5, 5.41) is 3.52. The number of nitrogens with one attached hydrogen (secondary N) is 1. The van der Waals surface area contributed by atoms with Crippen LogP contribution in [-0.4, -0.2) is 54.8 Å². The number of likely N-dealkylation sites (N-methyl/N-ethyl adjacent to an activating group) is 1. The summed E-state index contributed by atoms with van der Waals surface area (Å²) in [6.45, 7) is 7.43. The standard InChI is InChI=1S/C17H27N3O/c1-12(2)20-9-10-21-15(11-20)17(18-3)14-7-6-13-5-4-8-19-16(13)14/h4-5,8,12,14-15,17-18H,6-7,9-11H2,1-3H3. The Labute approximate surface area is 127 Å². The first-order valence-corrected chi connectivity index (χ1v) is 8.17. The van der Waals surface area contributed by atoms with Crippen molar-refractivity contribution in [3.63, 3.8) is 0 Å². The molecule has 3 atom stereocenters. The molecule has 4 heteroatoms. The SMILES string of the molecule is CNC(C1CN(C(C)C)CCO1)C1CCc2cccnc21. The highest BCUT2D eigenvalue weighted by atomic mass is 16.5. The Hall–Kier alpha value is -0.970. The van der Waals surface area contributed by atoms with Crippen molar-refractivity contribution in [2.75, 3.05) is 26.7 Å². The van der Waals surface area contributed by atoms with Gasteiger partial charge in [-0.25, -0.2) is 0 Å². The molecule has 0 spiro atoms. The molecule has 1 saturated heterocycles. The van der Waals surface area contributed by atoms with E-state index in [0.717, 1.165) is 26.1 Å². The van der Waals surface area contributed by atoms with Gasteiger partial charge in [-0.2, -0.15) is 0 Å². The lowest BCUT2D eigenvalue weighted by Gasteiger charge is -2.40. The molecule has 1 aromatic heterocycles. The molecule has 2 aliphatic rings. The van der Waals surface area contributed by atoms with Crippen molar-refractivity contribution in [2.24, 2.45) is 0 Å². The molecule has 0 bridgehead atoms. The van der Waals surface area contributed by atoms with Crippen LogP contribution in [0.3, 0.4) is 0 Å². The van der Waals surface area contributed by atoms with Gasteiger partial charge in [0, 0.05) is 43.0 Å². The van der Waals surface area contributed by atoms with E-state index in [1.807, 2.05) is 12.3 Å².